The third-order valence-corrected chi connectivity index (χ3v) is 3.90. The Morgan fingerprint density at radius 3 is 3.07 bits per heavy atom. The van der Waals surface area contributed by atoms with Gasteiger partial charge in [0, 0.05) is 22.3 Å². The van der Waals surface area contributed by atoms with Gasteiger partial charge in [-0.05, 0) is 31.2 Å². The fraction of sp³-hybridized carbons (Fsp3) is 0.455. The van der Waals surface area contributed by atoms with Crippen LogP contribution in [0.15, 0.2) is 22.7 Å². The van der Waals surface area contributed by atoms with E-state index in [1.54, 1.807) is 0 Å². The van der Waals surface area contributed by atoms with Crippen molar-refractivity contribution in [3.63, 3.8) is 0 Å². The zero-order chi connectivity index (χ0) is 10.5. The largest absolute Gasteiger partial charge is 0.386 e. The summed E-state index contributed by atoms with van der Waals surface area (Å²) in [4.78, 5) is 0. The Labute approximate surface area is 97.0 Å². The third kappa shape index (κ3) is 1.32. The number of benzene rings is 1. The van der Waals surface area contributed by atoms with Crippen LogP contribution in [0.25, 0.3) is 0 Å². The molecule has 3 N–H and O–H groups in total. The molecule has 1 spiro atoms. The number of hydrogen-bond donors (Lipinski definition) is 3. The van der Waals surface area contributed by atoms with Crippen LogP contribution in [0.1, 0.15) is 18.1 Å². The number of fused-ring (bicyclic) bond motifs is 1. The van der Waals surface area contributed by atoms with Crippen LogP contribution >= 0.6 is 15.9 Å². The summed E-state index contributed by atoms with van der Waals surface area (Å²) in [6, 6.07) is 6.02. The molecule has 0 aromatic heterocycles. The zero-order valence-electron chi connectivity index (χ0n) is 8.26. The minimum Gasteiger partial charge on any atom is -0.386 e. The van der Waals surface area contributed by atoms with Gasteiger partial charge >= 0.3 is 0 Å². The molecule has 2 heterocycles. The Hall–Kier alpha value is -0.580. The molecule has 0 aliphatic carbocycles. The molecule has 2 atom stereocenters. The molecular formula is C11H13BrN2O. The Kier molecular flexibility index (Phi) is 2.06. The summed E-state index contributed by atoms with van der Waals surface area (Å²) in [6.45, 7) is 1.81. The van der Waals surface area contributed by atoms with Gasteiger partial charge in [-0.1, -0.05) is 15.9 Å². The molecule has 2 aliphatic rings. The molecule has 3 rings (SSSR count). The van der Waals surface area contributed by atoms with Crippen molar-refractivity contribution >= 4 is 21.6 Å². The predicted octanol–water partition coefficient (Wildman–Crippen LogP) is 1.64. The molecular weight excluding hydrogens is 256 g/mol. The Bertz CT molecular complexity index is 402. The van der Waals surface area contributed by atoms with Crippen molar-refractivity contribution in [2.24, 2.45) is 0 Å². The highest BCUT2D eigenvalue weighted by molar-refractivity contribution is 9.10. The molecule has 1 aromatic carbocycles. The van der Waals surface area contributed by atoms with Gasteiger partial charge in [0.25, 0.3) is 0 Å². The van der Waals surface area contributed by atoms with Crippen LogP contribution in [0.4, 0.5) is 5.69 Å². The van der Waals surface area contributed by atoms with E-state index < -0.39 is 6.10 Å². The van der Waals surface area contributed by atoms with E-state index in [4.69, 9.17) is 0 Å². The third-order valence-electron chi connectivity index (χ3n) is 3.40. The van der Waals surface area contributed by atoms with Crippen molar-refractivity contribution in [2.75, 3.05) is 18.4 Å². The lowest BCUT2D eigenvalue weighted by atomic mass is 9.91. The molecule has 1 saturated heterocycles. The van der Waals surface area contributed by atoms with E-state index >= 15 is 0 Å². The molecule has 0 saturated carbocycles. The second kappa shape index (κ2) is 3.20. The summed E-state index contributed by atoms with van der Waals surface area (Å²) < 4.78 is 1.02. The van der Waals surface area contributed by atoms with E-state index in [9.17, 15) is 5.11 Å². The van der Waals surface area contributed by atoms with Gasteiger partial charge in [-0.3, -0.25) is 0 Å². The number of rotatable bonds is 0. The lowest BCUT2D eigenvalue weighted by molar-refractivity contribution is 0.118. The quantitative estimate of drug-likeness (QED) is 0.671. The minimum absolute atomic E-state index is 0.177. The first kappa shape index (κ1) is 9.63. The average Bonchev–Trinajstić information content (AvgIpc) is 2.78. The number of anilines is 1. The molecule has 0 amide bonds. The molecule has 0 bridgehead atoms. The van der Waals surface area contributed by atoms with Gasteiger partial charge in [0.15, 0.2) is 0 Å². The number of nitrogens with one attached hydrogen (secondary N) is 2. The van der Waals surface area contributed by atoms with Crippen LogP contribution in [0.5, 0.6) is 0 Å². The van der Waals surface area contributed by atoms with Gasteiger partial charge in [0.05, 0.1) is 5.54 Å². The topological polar surface area (TPSA) is 44.3 Å². The Morgan fingerprint density at radius 1 is 1.47 bits per heavy atom. The van der Waals surface area contributed by atoms with Crippen LogP contribution in [0.2, 0.25) is 0 Å². The van der Waals surface area contributed by atoms with Gasteiger partial charge in [-0.2, -0.15) is 0 Å². The highest BCUT2D eigenvalue weighted by Crippen LogP contribution is 2.44. The van der Waals surface area contributed by atoms with Crippen molar-refractivity contribution < 1.29 is 5.11 Å². The van der Waals surface area contributed by atoms with Gasteiger partial charge in [-0.15, -0.1) is 0 Å². The average molecular weight is 269 g/mol. The van der Waals surface area contributed by atoms with Crippen molar-refractivity contribution in [3.05, 3.63) is 28.2 Å². The summed E-state index contributed by atoms with van der Waals surface area (Å²) in [6.07, 6.45) is 0.570. The number of aliphatic hydroxyl groups excluding tert-OH is 1. The van der Waals surface area contributed by atoms with E-state index in [-0.39, 0.29) is 5.54 Å². The lowest BCUT2D eigenvalue weighted by Crippen LogP contribution is -2.41. The maximum Gasteiger partial charge on any atom is 0.105 e. The van der Waals surface area contributed by atoms with Crippen molar-refractivity contribution in [2.45, 2.75) is 18.1 Å². The van der Waals surface area contributed by atoms with E-state index in [1.165, 1.54) is 0 Å². The monoisotopic (exact) mass is 268 g/mol. The lowest BCUT2D eigenvalue weighted by Gasteiger charge is -2.27. The molecule has 15 heavy (non-hydrogen) atoms. The first-order valence-electron chi connectivity index (χ1n) is 5.18. The first-order valence-corrected chi connectivity index (χ1v) is 5.97. The standard InChI is InChI=1S/C11H13BrN2O/c12-7-1-2-9-8(5-7)10(15)11(14-9)3-4-13-6-11/h1-2,5,10,13-15H,3-4,6H2. The highest BCUT2D eigenvalue weighted by Gasteiger charge is 2.46. The predicted molar refractivity (Wildman–Crippen MR) is 62.9 cm³/mol. The molecule has 1 aromatic rings. The number of aliphatic hydroxyl groups is 1. The molecule has 80 valence electrons. The van der Waals surface area contributed by atoms with Gasteiger partial charge in [-0.25, -0.2) is 0 Å². The summed E-state index contributed by atoms with van der Waals surface area (Å²) >= 11 is 3.43. The normalized spacial score (nSPS) is 33.1. The number of halogens is 1. The second-order valence-electron chi connectivity index (χ2n) is 4.34. The van der Waals surface area contributed by atoms with Gasteiger partial charge in [0.1, 0.15) is 6.10 Å². The van der Waals surface area contributed by atoms with E-state index in [0.29, 0.717) is 0 Å². The van der Waals surface area contributed by atoms with Crippen LogP contribution in [0.3, 0.4) is 0 Å². The molecule has 3 nitrogen and oxygen atoms in total. The molecule has 2 unspecified atom stereocenters. The summed E-state index contributed by atoms with van der Waals surface area (Å²) in [7, 11) is 0. The Balaban J connectivity index is 2.04. The van der Waals surface area contributed by atoms with Crippen molar-refractivity contribution in [1.29, 1.82) is 0 Å². The second-order valence-corrected chi connectivity index (χ2v) is 5.26. The summed E-state index contributed by atoms with van der Waals surface area (Å²) in [5, 5.41) is 17.1. The van der Waals surface area contributed by atoms with Crippen molar-refractivity contribution in [1.82, 2.24) is 5.32 Å². The molecule has 2 aliphatic heterocycles. The van der Waals surface area contributed by atoms with Crippen LogP contribution < -0.4 is 10.6 Å². The maximum atomic E-state index is 10.3. The van der Waals surface area contributed by atoms with Crippen molar-refractivity contribution in [3.8, 4) is 0 Å². The fourth-order valence-corrected chi connectivity index (χ4v) is 2.94. The van der Waals surface area contributed by atoms with Gasteiger partial charge < -0.3 is 15.7 Å². The molecule has 4 heteroatoms. The maximum absolute atomic E-state index is 10.3. The van der Waals surface area contributed by atoms with Crippen LogP contribution in [-0.2, 0) is 0 Å². The molecule has 0 radical (unpaired) electrons. The smallest absolute Gasteiger partial charge is 0.105 e. The van der Waals surface area contributed by atoms with Gasteiger partial charge in [0.2, 0.25) is 0 Å². The SMILES string of the molecule is OC1c2cc(Br)ccc2NC12CCNC2. The summed E-state index contributed by atoms with van der Waals surface area (Å²) in [5.74, 6) is 0. The highest BCUT2D eigenvalue weighted by atomic mass is 79.9. The van der Waals surface area contributed by atoms with Crippen LogP contribution in [0, 0.1) is 0 Å². The molecule has 1 fully saturated rings. The summed E-state index contributed by atoms with van der Waals surface area (Å²) in [5.41, 5.74) is 1.89. The Morgan fingerprint density at radius 2 is 2.33 bits per heavy atom. The fourth-order valence-electron chi connectivity index (χ4n) is 2.56. The van der Waals surface area contributed by atoms with E-state index in [2.05, 4.69) is 26.6 Å². The zero-order valence-corrected chi connectivity index (χ0v) is 9.84. The minimum atomic E-state index is -0.403. The van der Waals surface area contributed by atoms with E-state index in [1.807, 2.05) is 18.2 Å². The van der Waals surface area contributed by atoms with E-state index in [0.717, 1.165) is 35.2 Å². The first-order chi connectivity index (χ1) is 7.21. The van der Waals surface area contributed by atoms with Crippen LogP contribution in [-0.4, -0.2) is 23.7 Å². The number of hydrogen-bond acceptors (Lipinski definition) is 3.